The summed E-state index contributed by atoms with van der Waals surface area (Å²) in [5.74, 6) is -0.372. The Morgan fingerprint density at radius 3 is 2.72 bits per heavy atom. The number of esters is 1. The third-order valence-corrected chi connectivity index (χ3v) is 4.38. The van der Waals surface area contributed by atoms with Gasteiger partial charge in [0.2, 0.25) is 5.65 Å². The van der Waals surface area contributed by atoms with Crippen LogP contribution in [0, 0.1) is 0 Å². The van der Waals surface area contributed by atoms with Crippen LogP contribution in [0.2, 0.25) is 0 Å². The summed E-state index contributed by atoms with van der Waals surface area (Å²) in [4.78, 5) is 38.4. The van der Waals surface area contributed by atoms with Crippen LogP contribution in [-0.4, -0.2) is 50.1 Å². The number of nitrogens with two attached hydrogens (primary N) is 1. The number of ether oxygens (including phenoxy) is 2. The van der Waals surface area contributed by atoms with Gasteiger partial charge in [-0.1, -0.05) is 12.1 Å². The van der Waals surface area contributed by atoms with E-state index < -0.39 is 19.9 Å². The molecule has 0 radical (unpaired) electrons. The third-order valence-electron chi connectivity index (χ3n) is 3.39. The molecule has 154 valence electrons. The number of fused-ring (bicyclic) bond motifs is 1. The first-order chi connectivity index (χ1) is 13.9. The van der Waals surface area contributed by atoms with Crippen LogP contribution in [0.5, 0.6) is 11.5 Å². The van der Waals surface area contributed by atoms with Gasteiger partial charge in [0, 0.05) is 6.92 Å². The summed E-state index contributed by atoms with van der Waals surface area (Å²) in [5.41, 5.74) is 6.47. The molecule has 0 saturated carbocycles. The molecule has 1 aromatic carbocycles. The minimum atomic E-state index is -4.16. The standard InChI is InChI=1S/C16H18N5O7P/c1-11(22)27-12-4-2-3-5-13(12)28-29(23,24)10-25-6-7-26-21-9-20-14-15(17)18-8-19-16(14)21/h2-5,8-9H,6-7,10H2,1H3,(H,23,24)(H2,17,18,19). The molecule has 3 aromatic rings. The summed E-state index contributed by atoms with van der Waals surface area (Å²) in [6, 6.07) is 6.02. The van der Waals surface area contributed by atoms with Gasteiger partial charge in [0.25, 0.3) is 0 Å². The fraction of sp³-hybridized carbons (Fsp3) is 0.250. The fourth-order valence-corrected chi connectivity index (χ4v) is 3.12. The van der Waals surface area contributed by atoms with Crippen molar-refractivity contribution in [2.75, 3.05) is 25.3 Å². The van der Waals surface area contributed by atoms with Crippen molar-refractivity contribution in [3.05, 3.63) is 36.9 Å². The number of aromatic nitrogens is 4. The second kappa shape index (κ2) is 8.86. The molecule has 0 bridgehead atoms. The second-order valence-electron chi connectivity index (χ2n) is 5.64. The van der Waals surface area contributed by atoms with Gasteiger partial charge in [-0.2, -0.15) is 4.73 Å². The third kappa shape index (κ3) is 5.41. The highest BCUT2D eigenvalue weighted by Gasteiger charge is 2.23. The smallest absolute Gasteiger partial charge is 0.402 e. The molecule has 29 heavy (non-hydrogen) atoms. The number of para-hydroxylation sites is 2. The number of carbonyl (C=O) groups is 1. The van der Waals surface area contributed by atoms with E-state index in [1.807, 2.05) is 0 Å². The Bertz CT molecular complexity index is 1060. The van der Waals surface area contributed by atoms with Gasteiger partial charge in [0.15, 0.2) is 29.2 Å². The monoisotopic (exact) mass is 423 g/mol. The van der Waals surface area contributed by atoms with Crippen molar-refractivity contribution in [2.45, 2.75) is 6.92 Å². The van der Waals surface area contributed by atoms with Crippen molar-refractivity contribution >= 4 is 30.5 Å². The first-order valence-corrected chi connectivity index (χ1v) is 10.1. The molecule has 3 N–H and O–H groups in total. The fourth-order valence-electron chi connectivity index (χ4n) is 2.25. The molecule has 3 rings (SSSR count). The van der Waals surface area contributed by atoms with E-state index >= 15 is 0 Å². The van der Waals surface area contributed by atoms with Gasteiger partial charge in [-0.25, -0.2) is 19.5 Å². The maximum atomic E-state index is 12.2. The molecule has 0 aliphatic heterocycles. The maximum Gasteiger partial charge on any atom is 0.402 e. The van der Waals surface area contributed by atoms with E-state index in [0.717, 1.165) is 0 Å². The lowest BCUT2D eigenvalue weighted by atomic mass is 10.3. The SMILES string of the molecule is CC(=O)Oc1ccccc1OP(=O)(O)COCCOn1cnc2c(N)ncnc21. The summed E-state index contributed by atoms with van der Waals surface area (Å²) in [6.45, 7) is 1.24. The average Bonchev–Trinajstić information content (AvgIpc) is 3.07. The van der Waals surface area contributed by atoms with Crippen molar-refractivity contribution in [3.63, 3.8) is 0 Å². The molecular formula is C16H18N5O7P. The molecule has 0 fully saturated rings. The van der Waals surface area contributed by atoms with E-state index in [4.69, 9.17) is 24.6 Å². The molecular weight excluding hydrogens is 405 g/mol. The van der Waals surface area contributed by atoms with Gasteiger partial charge < -0.3 is 29.5 Å². The van der Waals surface area contributed by atoms with Crippen LogP contribution in [0.3, 0.4) is 0 Å². The predicted molar refractivity (Wildman–Crippen MR) is 100 cm³/mol. The number of rotatable bonds is 9. The lowest BCUT2D eigenvalue weighted by Gasteiger charge is -2.15. The van der Waals surface area contributed by atoms with Crippen molar-refractivity contribution in [2.24, 2.45) is 0 Å². The molecule has 1 unspecified atom stereocenters. The van der Waals surface area contributed by atoms with Crippen LogP contribution in [0.4, 0.5) is 5.82 Å². The number of anilines is 1. The Labute approximate surface area is 164 Å². The number of hydrogen-bond acceptors (Lipinski definition) is 10. The molecule has 0 saturated heterocycles. The molecule has 13 heteroatoms. The average molecular weight is 423 g/mol. The minimum Gasteiger partial charge on any atom is -0.423 e. The first-order valence-electron chi connectivity index (χ1n) is 8.29. The zero-order valence-electron chi connectivity index (χ0n) is 15.3. The zero-order chi connectivity index (χ0) is 20.9. The second-order valence-corrected chi connectivity index (χ2v) is 7.36. The van der Waals surface area contributed by atoms with Crippen LogP contribution < -0.4 is 19.8 Å². The highest BCUT2D eigenvalue weighted by molar-refractivity contribution is 7.53. The topological polar surface area (TPSA) is 161 Å². The van der Waals surface area contributed by atoms with Gasteiger partial charge in [0.1, 0.15) is 19.3 Å². The van der Waals surface area contributed by atoms with E-state index in [1.165, 1.54) is 36.4 Å². The lowest BCUT2D eigenvalue weighted by Crippen LogP contribution is -2.17. The molecule has 1 atom stereocenters. The van der Waals surface area contributed by atoms with Gasteiger partial charge >= 0.3 is 13.6 Å². The Morgan fingerprint density at radius 1 is 1.21 bits per heavy atom. The van der Waals surface area contributed by atoms with Gasteiger partial charge in [-0.05, 0) is 12.1 Å². The zero-order valence-corrected chi connectivity index (χ0v) is 16.2. The largest absolute Gasteiger partial charge is 0.423 e. The number of carbonyl (C=O) groups excluding carboxylic acids is 1. The van der Waals surface area contributed by atoms with Crippen LogP contribution >= 0.6 is 7.60 Å². The Hall–Kier alpha value is -3.21. The number of hydrogen-bond donors (Lipinski definition) is 2. The minimum absolute atomic E-state index is 0.0141. The number of benzene rings is 1. The highest BCUT2D eigenvalue weighted by Crippen LogP contribution is 2.45. The van der Waals surface area contributed by atoms with Gasteiger partial charge in [-0.3, -0.25) is 4.79 Å². The van der Waals surface area contributed by atoms with Crippen molar-refractivity contribution in [1.29, 1.82) is 0 Å². The molecule has 0 spiro atoms. The summed E-state index contributed by atoms with van der Waals surface area (Å²) in [7, 11) is -4.16. The number of nitrogen functional groups attached to an aromatic ring is 1. The van der Waals surface area contributed by atoms with Crippen molar-refractivity contribution < 1.29 is 33.1 Å². The lowest BCUT2D eigenvalue weighted by molar-refractivity contribution is -0.131. The maximum absolute atomic E-state index is 12.2. The van der Waals surface area contributed by atoms with Crippen LogP contribution in [-0.2, 0) is 14.1 Å². The number of imidazole rings is 1. The summed E-state index contributed by atoms with van der Waals surface area (Å²) >= 11 is 0. The van der Waals surface area contributed by atoms with Crippen molar-refractivity contribution in [3.8, 4) is 11.5 Å². The predicted octanol–water partition coefficient (Wildman–Crippen LogP) is 1.00. The summed E-state index contributed by atoms with van der Waals surface area (Å²) in [6.07, 6.45) is 2.06. The first kappa shape index (κ1) is 20.5. The molecule has 0 aliphatic carbocycles. The normalized spacial score (nSPS) is 13.0. The molecule has 0 aliphatic rings. The highest BCUT2D eigenvalue weighted by atomic mass is 31.2. The van der Waals surface area contributed by atoms with E-state index in [-0.39, 0.29) is 30.5 Å². The molecule has 2 heterocycles. The summed E-state index contributed by atoms with van der Waals surface area (Å²) < 4.78 is 28.7. The van der Waals surface area contributed by atoms with Gasteiger partial charge in [-0.15, -0.1) is 0 Å². The quantitative estimate of drug-likeness (QED) is 0.219. The van der Waals surface area contributed by atoms with Crippen LogP contribution in [0.25, 0.3) is 11.2 Å². The Morgan fingerprint density at radius 2 is 1.97 bits per heavy atom. The molecule has 0 amide bonds. The van der Waals surface area contributed by atoms with Crippen LogP contribution in [0.15, 0.2) is 36.9 Å². The summed E-state index contributed by atoms with van der Waals surface area (Å²) in [5, 5.41) is 0. The molecule has 12 nitrogen and oxygen atoms in total. The van der Waals surface area contributed by atoms with Crippen LogP contribution in [0.1, 0.15) is 6.92 Å². The Kier molecular flexibility index (Phi) is 6.27. The van der Waals surface area contributed by atoms with E-state index in [1.54, 1.807) is 12.1 Å². The number of nitrogens with zero attached hydrogens (tertiary/aromatic N) is 4. The van der Waals surface area contributed by atoms with E-state index in [0.29, 0.717) is 11.2 Å². The molecule has 2 aromatic heterocycles. The Balaban J connectivity index is 1.49. The van der Waals surface area contributed by atoms with Gasteiger partial charge in [0.05, 0.1) is 6.61 Å². The van der Waals surface area contributed by atoms with E-state index in [9.17, 15) is 14.3 Å². The van der Waals surface area contributed by atoms with E-state index in [2.05, 4.69) is 15.0 Å². The van der Waals surface area contributed by atoms with Crippen molar-refractivity contribution in [1.82, 2.24) is 19.7 Å².